The van der Waals surface area contributed by atoms with Crippen LogP contribution >= 0.6 is 0 Å². The number of likely N-dealkylation sites (N-methyl/N-ethyl adjacent to an activating group) is 1. The second-order valence-electron chi connectivity index (χ2n) is 8.86. The van der Waals surface area contributed by atoms with Gasteiger partial charge in [0.2, 0.25) is 0 Å². The van der Waals surface area contributed by atoms with E-state index in [-0.39, 0.29) is 17.4 Å². The Labute approximate surface area is 198 Å². The predicted molar refractivity (Wildman–Crippen MR) is 126 cm³/mol. The van der Waals surface area contributed by atoms with Gasteiger partial charge in [-0.25, -0.2) is 4.79 Å². The third-order valence-corrected chi connectivity index (χ3v) is 6.15. The van der Waals surface area contributed by atoms with Crippen LogP contribution in [0.3, 0.4) is 0 Å². The molecule has 0 radical (unpaired) electrons. The number of aliphatic hydroxyl groups excluding tert-OH is 1. The zero-order chi connectivity index (χ0) is 24.6. The summed E-state index contributed by atoms with van der Waals surface area (Å²) in [6.45, 7) is 2.80. The van der Waals surface area contributed by atoms with Crippen LogP contribution in [0.4, 0.5) is 0 Å². The number of hydrogen-bond acceptors (Lipinski definition) is 7. The summed E-state index contributed by atoms with van der Waals surface area (Å²) < 4.78 is 10.5. The number of carbonyl (C=O) groups excluding carboxylic acids is 3. The number of amides is 1. The van der Waals surface area contributed by atoms with Gasteiger partial charge in [0.25, 0.3) is 11.7 Å². The van der Waals surface area contributed by atoms with Crippen molar-refractivity contribution in [3.8, 4) is 5.75 Å². The summed E-state index contributed by atoms with van der Waals surface area (Å²) in [6.07, 6.45) is 0.740. The molecule has 2 atom stereocenters. The van der Waals surface area contributed by atoms with Gasteiger partial charge in [-0.05, 0) is 62.5 Å². The number of fused-ring (bicyclic) bond motifs is 1. The zero-order valence-corrected chi connectivity index (χ0v) is 19.7. The summed E-state index contributed by atoms with van der Waals surface area (Å²) in [4.78, 5) is 41.4. The molecule has 1 N–H and O–H groups in total. The number of benzene rings is 2. The van der Waals surface area contributed by atoms with Crippen LogP contribution in [0.15, 0.2) is 48.0 Å². The summed E-state index contributed by atoms with van der Waals surface area (Å²) >= 11 is 0. The minimum absolute atomic E-state index is 0.0292. The predicted octanol–water partition coefficient (Wildman–Crippen LogP) is 2.78. The van der Waals surface area contributed by atoms with Crippen molar-refractivity contribution < 1.29 is 29.0 Å². The summed E-state index contributed by atoms with van der Waals surface area (Å²) in [7, 11) is 5.06. The van der Waals surface area contributed by atoms with Gasteiger partial charge in [0.05, 0.1) is 24.3 Å². The van der Waals surface area contributed by atoms with E-state index in [1.165, 1.54) is 12.0 Å². The Morgan fingerprint density at radius 2 is 1.82 bits per heavy atom. The number of rotatable bonds is 6. The van der Waals surface area contributed by atoms with Gasteiger partial charge < -0.3 is 24.4 Å². The summed E-state index contributed by atoms with van der Waals surface area (Å²) in [5.41, 5.74) is 2.40. The van der Waals surface area contributed by atoms with Crippen LogP contribution in [-0.4, -0.2) is 73.0 Å². The number of hydrogen-bond donors (Lipinski definition) is 1. The van der Waals surface area contributed by atoms with Gasteiger partial charge in [-0.3, -0.25) is 9.59 Å². The van der Waals surface area contributed by atoms with E-state index in [0.717, 1.165) is 11.3 Å². The smallest absolute Gasteiger partial charge is 0.337 e. The molecule has 4 rings (SSSR count). The highest BCUT2D eigenvalue weighted by molar-refractivity contribution is 6.46. The van der Waals surface area contributed by atoms with Gasteiger partial charge in [0.1, 0.15) is 17.6 Å². The standard InChI is InChI=1S/C26H28N2O6/c1-15-13-19-14-18(9-10-20(19)34-15)23(29)21-22(16-5-7-17(8-6-16)26(32)33-4)28(12-11-27(2)3)25(31)24(21)30/h5-10,14-15,22,29H,11-13H2,1-4H3/b23-21+/t15-,22+/m1/s1. The Hall–Kier alpha value is -3.65. The van der Waals surface area contributed by atoms with Gasteiger partial charge in [-0.15, -0.1) is 0 Å². The normalized spacial score (nSPS) is 21.0. The van der Waals surface area contributed by atoms with Crippen molar-refractivity contribution in [1.29, 1.82) is 0 Å². The lowest BCUT2D eigenvalue weighted by atomic mass is 9.94. The SMILES string of the molecule is COC(=O)c1ccc([C@H]2/C(=C(\O)c3ccc4c(c3)C[C@@H](C)O4)C(=O)C(=O)N2CCN(C)C)cc1. The molecule has 0 aliphatic carbocycles. The topological polar surface area (TPSA) is 96.4 Å². The van der Waals surface area contributed by atoms with Crippen molar-refractivity contribution in [3.05, 3.63) is 70.3 Å². The summed E-state index contributed by atoms with van der Waals surface area (Å²) in [6, 6.07) is 11.0. The van der Waals surface area contributed by atoms with E-state index in [1.54, 1.807) is 42.5 Å². The lowest BCUT2D eigenvalue weighted by molar-refractivity contribution is -0.140. The fraction of sp³-hybridized carbons (Fsp3) is 0.346. The van der Waals surface area contributed by atoms with E-state index >= 15 is 0 Å². The molecule has 1 fully saturated rings. The molecule has 34 heavy (non-hydrogen) atoms. The van der Waals surface area contributed by atoms with Crippen molar-refractivity contribution in [3.63, 3.8) is 0 Å². The Balaban J connectivity index is 1.80. The van der Waals surface area contributed by atoms with Crippen LogP contribution in [0.2, 0.25) is 0 Å². The Kier molecular flexibility index (Phi) is 6.43. The molecule has 0 unspecified atom stereocenters. The maximum absolute atomic E-state index is 13.1. The third kappa shape index (κ3) is 4.28. The van der Waals surface area contributed by atoms with E-state index in [2.05, 4.69) is 0 Å². The number of methoxy groups -OCH3 is 1. The fourth-order valence-electron chi connectivity index (χ4n) is 4.41. The van der Waals surface area contributed by atoms with Crippen molar-refractivity contribution in [2.24, 2.45) is 0 Å². The molecular formula is C26H28N2O6. The first-order chi connectivity index (χ1) is 16.2. The first-order valence-electron chi connectivity index (χ1n) is 11.1. The number of ether oxygens (including phenoxy) is 2. The minimum atomic E-state index is -0.782. The molecule has 1 amide bonds. The van der Waals surface area contributed by atoms with Gasteiger partial charge >= 0.3 is 5.97 Å². The van der Waals surface area contributed by atoms with Crippen LogP contribution in [0, 0.1) is 0 Å². The van der Waals surface area contributed by atoms with Gasteiger partial charge in [-0.1, -0.05) is 12.1 Å². The number of aliphatic hydroxyl groups is 1. The van der Waals surface area contributed by atoms with Crippen molar-refractivity contribution >= 4 is 23.4 Å². The van der Waals surface area contributed by atoms with Crippen LogP contribution in [0.5, 0.6) is 5.75 Å². The van der Waals surface area contributed by atoms with Crippen LogP contribution < -0.4 is 4.74 Å². The van der Waals surface area contributed by atoms with Gasteiger partial charge in [-0.2, -0.15) is 0 Å². The van der Waals surface area contributed by atoms with Crippen molar-refractivity contribution in [2.45, 2.75) is 25.5 Å². The van der Waals surface area contributed by atoms with E-state index < -0.39 is 23.7 Å². The second kappa shape index (κ2) is 9.30. The van der Waals surface area contributed by atoms with E-state index in [1.807, 2.05) is 25.9 Å². The number of Topliss-reactive ketones (excluding diaryl/α,β-unsaturated/α-hetero) is 1. The second-order valence-corrected chi connectivity index (χ2v) is 8.86. The number of ketones is 1. The highest BCUT2D eigenvalue weighted by atomic mass is 16.5. The maximum Gasteiger partial charge on any atom is 0.337 e. The molecule has 2 aliphatic heterocycles. The first-order valence-corrected chi connectivity index (χ1v) is 11.1. The van der Waals surface area contributed by atoms with Crippen molar-refractivity contribution in [2.75, 3.05) is 34.3 Å². The molecule has 2 aliphatic rings. The van der Waals surface area contributed by atoms with E-state index in [4.69, 9.17) is 9.47 Å². The number of carbonyl (C=O) groups is 3. The van der Waals surface area contributed by atoms with E-state index in [0.29, 0.717) is 36.2 Å². The Morgan fingerprint density at radius 1 is 1.15 bits per heavy atom. The number of esters is 1. The average molecular weight is 465 g/mol. The molecule has 0 spiro atoms. The lowest BCUT2D eigenvalue weighted by Crippen LogP contribution is -2.35. The fourth-order valence-corrected chi connectivity index (χ4v) is 4.41. The van der Waals surface area contributed by atoms with Gasteiger partial charge in [0.15, 0.2) is 0 Å². The molecule has 2 aromatic carbocycles. The molecule has 0 aromatic heterocycles. The summed E-state index contributed by atoms with van der Waals surface area (Å²) in [5, 5.41) is 11.3. The van der Waals surface area contributed by atoms with Crippen LogP contribution in [0.1, 0.15) is 40.0 Å². The number of likely N-dealkylation sites (tertiary alicyclic amines) is 1. The molecule has 2 heterocycles. The molecule has 0 bridgehead atoms. The highest BCUT2D eigenvalue weighted by Gasteiger charge is 2.46. The average Bonchev–Trinajstić information content (AvgIpc) is 3.32. The first kappa shape index (κ1) is 23.5. The molecule has 2 aromatic rings. The summed E-state index contributed by atoms with van der Waals surface area (Å²) in [5.74, 6) is -1.35. The zero-order valence-electron chi connectivity index (χ0n) is 19.7. The molecule has 8 nitrogen and oxygen atoms in total. The highest BCUT2D eigenvalue weighted by Crippen LogP contribution is 2.40. The molecule has 0 saturated carbocycles. The Bertz CT molecular complexity index is 1170. The quantitative estimate of drug-likeness (QED) is 0.304. The van der Waals surface area contributed by atoms with Crippen LogP contribution in [0.25, 0.3) is 5.76 Å². The molecule has 1 saturated heterocycles. The molecule has 178 valence electrons. The lowest BCUT2D eigenvalue weighted by Gasteiger charge is -2.26. The minimum Gasteiger partial charge on any atom is -0.507 e. The maximum atomic E-state index is 13.1. The molecule has 8 heteroatoms. The van der Waals surface area contributed by atoms with E-state index in [9.17, 15) is 19.5 Å². The molecular weight excluding hydrogens is 436 g/mol. The third-order valence-electron chi connectivity index (χ3n) is 6.15. The van der Waals surface area contributed by atoms with Crippen LogP contribution in [-0.2, 0) is 20.7 Å². The Morgan fingerprint density at radius 3 is 2.47 bits per heavy atom. The monoisotopic (exact) mass is 464 g/mol. The largest absolute Gasteiger partial charge is 0.507 e. The number of nitrogens with zero attached hydrogens (tertiary/aromatic N) is 2. The van der Waals surface area contributed by atoms with Gasteiger partial charge in [0, 0.05) is 25.1 Å². The van der Waals surface area contributed by atoms with Crippen molar-refractivity contribution in [1.82, 2.24) is 9.80 Å².